The van der Waals surface area contributed by atoms with Crippen LogP contribution in [0.1, 0.15) is 201 Å². The maximum atomic E-state index is 13.7. The first-order chi connectivity index (χ1) is 22.4. The molecule has 5 atom stereocenters. The largest absolute Gasteiger partial charge is 0.376 e. The van der Waals surface area contributed by atoms with E-state index < -0.39 is 34.8 Å². The van der Waals surface area contributed by atoms with Crippen molar-refractivity contribution in [3.8, 4) is 0 Å². The minimum atomic E-state index is -2.78. The highest BCUT2D eigenvalue weighted by Gasteiger charge is 2.78. The summed E-state index contributed by atoms with van der Waals surface area (Å²) in [6.07, 6.45) is 28.5. The first-order valence-electron chi connectivity index (χ1n) is 20.0. The normalized spacial score (nSPS) is 25.1. The molecular weight excluding hydrogens is 590 g/mol. The number of likely N-dealkylation sites (N-methyl/N-ethyl adjacent to an activating group) is 1. The number of Topliss-reactive ketones (excluding diaryl/α,β-unsaturated/α-hetero) is 2. The number of ketones is 2. The van der Waals surface area contributed by atoms with Crippen LogP contribution in [-0.2, 0) is 14.3 Å². The molecule has 7 heteroatoms. The molecule has 0 amide bonds. The van der Waals surface area contributed by atoms with Crippen LogP contribution in [0.3, 0.4) is 0 Å². The van der Waals surface area contributed by atoms with E-state index in [1.165, 1.54) is 141 Å². The number of aliphatic hydroxyl groups is 3. The van der Waals surface area contributed by atoms with E-state index in [2.05, 4.69) is 13.8 Å². The summed E-state index contributed by atoms with van der Waals surface area (Å²) in [6.45, 7) is 7.92. The van der Waals surface area contributed by atoms with Gasteiger partial charge in [0.15, 0.2) is 17.2 Å². The lowest BCUT2D eigenvalue weighted by molar-refractivity contribution is -0.324. The minimum Gasteiger partial charge on any atom is -0.376 e. The number of rotatable bonds is 31. The van der Waals surface area contributed by atoms with E-state index in [1.54, 1.807) is 0 Å². The highest BCUT2D eigenvalue weighted by molar-refractivity contribution is 6.01. The zero-order valence-electron chi connectivity index (χ0n) is 31.8. The molecule has 0 aromatic heterocycles. The van der Waals surface area contributed by atoms with Crippen LogP contribution in [0.2, 0.25) is 0 Å². The Hall–Kier alpha value is -0.860. The summed E-state index contributed by atoms with van der Waals surface area (Å²) >= 11 is 0. The third-order valence-corrected chi connectivity index (χ3v) is 10.7. The summed E-state index contributed by atoms with van der Waals surface area (Å²) in [5.74, 6) is -3.91. The van der Waals surface area contributed by atoms with Crippen molar-refractivity contribution in [3.63, 3.8) is 0 Å². The fourth-order valence-electron chi connectivity index (χ4n) is 7.43. The van der Waals surface area contributed by atoms with Crippen LogP contribution in [0.15, 0.2) is 0 Å². The quantitative estimate of drug-likeness (QED) is 0.0499. The van der Waals surface area contributed by atoms with Crippen molar-refractivity contribution < 1.29 is 29.6 Å². The Morgan fingerprint density at radius 3 is 1.36 bits per heavy atom. The second-order valence-corrected chi connectivity index (χ2v) is 15.2. The van der Waals surface area contributed by atoms with Gasteiger partial charge < -0.3 is 20.1 Å². The Morgan fingerprint density at radius 2 is 0.979 bits per heavy atom. The Labute approximate surface area is 290 Å². The first-order valence-corrected chi connectivity index (χ1v) is 20.0. The van der Waals surface area contributed by atoms with Crippen molar-refractivity contribution in [2.75, 3.05) is 14.1 Å². The Kier molecular flexibility index (Phi) is 22.8. The summed E-state index contributed by atoms with van der Waals surface area (Å²) in [5, 5.41) is 35.3. The van der Waals surface area contributed by atoms with E-state index in [9.17, 15) is 24.9 Å². The molecule has 278 valence electrons. The van der Waals surface area contributed by atoms with E-state index >= 15 is 0 Å². The molecular formula is C40H77NO6. The van der Waals surface area contributed by atoms with Gasteiger partial charge in [-0.1, -0.05) is 175 Å². The molecule has 1 saturated heterocycles. The standard InChI is InChI=1S/C40H77NO6/c1-7-9-11-13-15-17-19-20-22-24-26-28-30-32-36(42)39(45)38(44,35(4)47-40(39,46)41(5)6)37(43)33-34(3)31-29-27-25-23-21-18-16-14-12-10-8-2/h34-35,44-46H,7-33H2,1-6H3/t34?,35-,38+,39-,40?/m1/s1. The van der Waals surface area contributed by atoms with Gasteiger partial charge in [0.2, 0.25) is 5.60 Å². The zero-order chi connectivity index (χ0) is 35.2. The molecule has 1 heterocycles. The van der Waals surface area contributed by atoms with Gasteiger partial charge in [-0.15, -0.1) is 0 Å². The summed E-state index contributed by atoms with van der Waals surface area (Å²) in [7, 11) is 2.95. The predicted octanol–water partition coefficient (Wildman–Crippen LogP) is 9.42. The average molecular weight is 668 g/mol. The number of carbonyl (C=O) groups excluding carboxylic acids is 2. The van der Waals surface area contributed by atoms with E-state index in [1.807, 2.05) is 6.92 Å². The van der Waals surface area contributed by atoms with Crippen molar-refractivity contribution in [2.45, 2.75) is 224 Å². The topological polar surface area (TPSA) is 107 Å². The smallest absolute Gasteiger partial charge is 0.268 e. The maximum absolute atomic E-state index is 13.7. The van der Waals surface area contributed by atoms with E-state index in [0.717, 1.165) is 38.5 Å². The van der Waals surface area contributed by atoms with Crippen LogP contribution < -0.4 is 0 Å². The van der Waals surface area contributed by atoms with Crippen LogP contribution in [0.4, 0.5) is 0 Å². The number of ether oxygens (including phenoxy) is 1. The molecule has 0 aromatic carbocycles. The fraction of sp³-hybridized carbons (Fsp3) is 0.950. The van der Waals surface area contributed by atoms with Crippen LogP contribution in [-0.4, -0.2) is 69.1 Å². The second kappa shape index (κ2) is 24.3. The van der Waals surface area contributed by atoms with Gasteiger partial charge in [0.25, 0.3) is 5.91 Å². The van der Waals surface area contributed by atoms with E-state index in [4.69, 9.17) is 4.74 Å². The number of hydrogen-bond acceptors (Lipinski definition) is 7. The third-order valence-electron chi connectivity index (χ3n) is 10.7. The molecule has 1 aliphatic heterocycles. The van der Waals surface area contributed by atoms with E-state index in [0.29, 0.717) is 6.42 Å². The van der Waals surface area contributed by atoms with Crippen molar-refractivity contribution in [2.24, 2.45) is 5.92 Å². The molecule has 0 aromatic rings. The fourth-order valence-corrected chi connectivity index (χ4v) is 7.43. The number of hydrogen-bond donors (Lipinski definition) is 3. The molecule has 47 heavy (non-hydrogen) atoms. The highest BCUT2D eigenvalue weighted by atomic mass is 16.7. The zero-order valence-corrected chi connectivity index (χ0v) is 31.8. The van der Waals surface area contributed by atoms with E-state index in [-0.39, 0.29) is 18.8 Å². The predicted molar refractivity (Wildman–Crippen MR) is 194 cm³/mol. The third kappa shape index (κ3) is 13.8. The van der Waals surface area contributed by atoms with Gasteiger partial charge in [0.1, 0.15) is 0 Å². The lowest BCUT2D eigenvalue weighted by Gasteiger charge is -2.44. The molecule has 1 rings (SSSR count). The molecule has 1 fully saturated rings. The maximum Gasteiger partial charge on any atom is 0.268 e. The van der Waals surface area contributed by atoms with Gasteiger partial charge in [-0.05, 0) is 33.4 Å². The number of unbranched alkanes of at least 4 members (excludes halogenated alkanes) is 22. The SMILES string of the molecule is CCCCCCCCCCCCCCCC(=O)[C@]1(O)C(O)(N(C)C)O[C@H](C)[C@]1(O)C(=O)CC(C)CCCCCCCCCCCCC. The van der Waals surface area contributed by atoms with Gasteiger partial charge in [0, 0.05) is 12.8 Å². The van der Waals surface area contributed by atoms with Gasteiger partial charge in [-0.2, -0.15) is 0 Å². The second-order valence-electron chi connectivity index (χ2n) is 15.2. The lowest BCUT2D eigenvalue weighted by Crippen LogP contribution is -2.74. The van der Waals surface area contributed by atoms with Crippen molar-refractivity contribution in [1.82, 2.24) is 4.90 Å². The molecule has 1 aliphatic rings. The van der Waals surface area contributed by atoms with Gasteiger partial charge in [0.05, 0.1) is 6.10 Å². The lowest BCUT2D eigenvalue weighted by atomic mass is 9.70. The Balaban J connectivity index is 2.56. The monoisotopic (exact) mass is 668 g/mol. The summed E-state index contributed by atoms with van der Waals surface area (Å²) < 4.78 is 5.70. The molecule has 0 aliphatic carbocycles. The summed E-state index contributed by atoms with van der Waals surface area (Å²) in [4.78, 5) is 28.6. The molecule has 0 radical (unpaired) electrons. The summed E-state index contributed by atoms with van der Waals surface area (Å²) in [6, 6.07) is 0. The van der Waals surface area contributed by atoms with Gasteiger partial charge in [-0.25, -0.2) is 0 Å². The van der Waals surface area contributed by atoms with Crippen molar-refractivity contribution >= 4 is 11.6 Å². The highest BCUT2D eigenvalue weighted by Crippen LogP contribution is 2.49. The summed E-state index contributed by atoms with van der Waals surface area (Å²) in [5.41, 5.74) is -5.32. The molecule has 2 unspecified atom stereocenters. The van der Waals surface area contributed by atoms with Crippen LogP contribution in [0.5, 0.6) is 0 Å². The number of carbonyl (C=O) groups is 2. The minimum absolute atomic E-state index is 0.0137. The molecule has 0 spiro atoms. The Morgan fingerprint density at radius 1 is 0.617 bits per heavy atom. The first kappa shape index (κ1) is 44.2. The van der Waals surface area contributed by atoms with Gasteiger partial charge >= 0.3 is 0 Å². The molecule has 3 N–H and O–H groups in total. The van der Waals surface area contributed by atoms with Gasteiger partial charge in [-0.3, -0.25) is 14.5 Å². The molecule has 7 nitrogen and oxygen atoms in total. The average Bonchev–Trinajstić information content (AvgIpc) is 3.20. The van der Waals surface area contributed by atoms with Crippen molar-refractivity contribution in [3.05, 3.63) is 0 Å². The van der Waals surface area contributed by atoms with Crippen LogP contribution in [0.25, 0.3) is 0 Å². The number of nitrogens with zero attached hydrogens (tertiary/aromatic N) is 1. The molecule has 0 bridgehead atoms. The van der Waals surface area contributed by atoms with Crippen LogP contribution >= 0.6 is 0 Å². The Bertz CT molecular complexity index is 836. The molecule has 0 saturated carbocycles. The van der Waals surface area contributed by atoms with Crippen molar-refractivity contribution in [1.29, 1.82) is 0 Å². The van der Waals surface area contributed by atoms with Crippen LogP contribution in [0, 0.1) is 5.92 Å².